The normalized spacial score (nSPS) is 19.2. The van der Waals surface area contributed by atoms with Crippen molar-refractivity contribution in [2.75, 3.05) is 19.6 Å². The van der Waals surface area contributed by atoms with Crippen LogP contribution in [-0.2, 0) is 0 Å². The highest BCUT2D eigenvalue weighted by molar-refractivity contribution is 7.12. The molecule has 0 atom stereocenters. The van der Waals surface area contributed by atoms with Gasteiger partial charge in [-0.2, -0.15) is 4.68 Å². The lowest BCUT2D eigenvalue weighted by molar-refractivity contribution is 0.0710. The first-order chi connectivity index (χ1) is 11.3. The van der Waals surface area contributed by atoms with Gasteiger partial charge in [-0.15, -0.1) is 16.4 Å². The molecule has 0 bridgehead atoms. The van der Waals surface area contributed by atoms with Crippen LogP contribution in [0.5, 0.6) is 0 Å². The average molecular weight is 332 g/mol. The Balaban J connectivity index is 1.37. The smallest absolute Gasteiger partial charge is 0.266 e. The highest BCUT2D eigenvalue weighted by atomic mass is 32.1. The maximum Gasteiger partial charge on any atom is 0.266 e. The van der Waals surface area contributed by atoms with E-state index in [1.54, 1.807) is 4.68 Å². The van der Waals surface area contributed by atoms with Gasteiger partial charge in [0.1, 0.15) is 11.2 Å². The number of nitrogens with one attached hydrogen (secondary N) is 1. The molecule has 1 saturated heterocycles. The van der Waals surface area contributed by atoms with Crippen molar-refractivity contribution < 1.29 is 4.79 Å². The fourth-order valence-electron chi connectivity index (χ4n) is 3.00. The molecule has 2 aromatic heterocycles. The molecule has 0 spiro atoms. The van der Waals surface area contributed by atoms with E-state index in [0.29, 0.717) is 10.9 Å². The van der Waals surface area contributed by atoms with Crippen molar-refractivity contribution in [1.29, 1.82) is 0 Å². The predicted octanol–water partition coefficient (Wildman–Crippen LogP) is 1.33. The molecule has 0 unspecified atom stereocenters. The fraction of sp³-hybridized carbons (Fsp3) is 0.600. The summed E-state index contributed by atoms with van der Waals surface area (Å²) in [5.74, 6) is 0.991. The lowest BCUT2D eigenvalue weighted by atomic mass is 10.0. The number of aromatic nitrogens is 4. The van der Waals surface area contributed by atoms with Gasteiger partial charge in [0.25, 0.3) is 5.91 Å². The van der Waals surface area contributed by atoms with Crippen LogP contribution in [0.4, 0.5) is 0 Å². The summed E-state index contributed by atoms with van der Waals surface area (Å²) in [6.07, 6.45) is 6.34. The second-order valence-corrected chi connectivity index (χ2v) is 7.22. The minimum atomic E-state index is 0.0890. The minimum Gasteiger partial charge on any atom is -0.338 e. The number of carbonyl (C=O) groups excluding carboxylic acids is 1. The Labute approximate surface area is 138 Å². The molecule has 23 heavy (non-hydrogen) atoms. The molecule has 2 fully saturated rings. The summed E-state index contributed by atoms with van der Waals surface area (Å²) in [5, 5.41) is 16.7. The number of thiophene rings is 1. The van der Waals surface area contributed by atoms with E-state index in [9.17, 15) is 4.79 Å². The third-order valence-corrected chi connectivity index (χ3v) is 5.50. The summed E-state index contributed by atoms with van der Waals surface area (Å²) in [5.41, 5.74) is 0.763. The molecule has 1 saturated carbocycles. The van der Waals surface area contributed by atoms with Gasteiger partial charge in [0.2, 0.25) is 0 Å². The highest BCUT2D eigenvalue weighted by Crippen LogP contribution is 2.28. The zero-order valence-corrected chi connectivity index (χ0v) is 13.7. The van der Waals surface area contributed by atoms with Gasteiger partial charge >= 0.3 is 0 Å². The standard InChI is InChI=1S/C15H20N6OS/c22-15(14-13(5-8-23-14)21-10-17-18-19-21)20-6-3-12(4-7-20)16-9-11-1-2-11/h5,8,10-12,16H,1-4,6-7,9H2. The quantitative estimate of drug-likeness (QED) is 0.894. The number of hydrogen-bond donors (Lipinski definition) is 1. The zero-order valence-electron chi connectivity index (χ0n) is 12.9. The number of rotatable bonds is 5. The molecule has 0 radical (unpaired) electrons. The molecule has 1 amide bonds. The van der Waals surface area contributed by atoms with Gasteiger partial charge in [0.15, 0.2) is 0 Å². The van der Waals surface area contributed by atoms with E-state index in [4.69, 9.17) is 0 Å². The van der Waals surface area contributed by atoms with Crippen LogP contribution in [0.1, 0.15) is 35.4 Å². The molecule has 0 aromatic carbocycles. The van der Waals surface area contributed by atoms with Crippen molar-refractivity contribution >= 4 is 17.2 Å². The van der Waals surface area contributed by atoms with Gasteiger partial charge in [0.05, 0.1) is 5.69 Å². The zero-order chi connectivity index (χ0) is 15.6. The molecular weight excluding hydrogens is 312 g/mol. The molecule has 1 aliphatic heterocycles. The van der Waals surface area contributed by atoms with E-state index in [0.717, 1.165) is 44.1 Å². The van der Waals surface area contributed by atoms with Crippen LogP contribution in [0.25, 0.3) is 5.69 Å². The Kier molecular flexibility index (Phi) is 4.09. The summed E-state index contributed by atoms with van der Waals surface area (Å²) in [6, 6.07) is 2.44. The maximum atomic E-state index is 12.8. The lowest BCUT2D eigenvalue weighted by Gasteiger charge is -2.32. The van der Waals surface area contributed by atoms with Crippen LogP contribution in [0, 0.1) is 5.92 Å². The lowest BCUT2D eigenvalue weighted by Crippen LogP contribution is -2.45. The first-order valence-corrected chi connectivity index (χ1v) is 9.03. The largest absolute Gasteiger partial charge is 0.338 e. The van der Waals surface area contributed by atoms with Crippen LogP contribution in [0.2, 0.25) is 0 Å². The number of piperidine rings is 1. The fourth-order valence-corrected chi connectivity index (χ4v) is 3.85. The Morgan fingerprint density at radius 3 is 2.83 bits per heavy atom. The van der Waals surface area contributed by atoms with Crippen molar-refractivity contribution in [3.63, 3.8) is 0 Å². The van der Waals surface area contributed by atoms with Gasteiger partial charge < -0.3 is 10.2 Å². The first kappa shape index (κ1) is 14.8. The number of carbonyl (C=O) groups is 1. The SMILES string of the molecule is O=C(c1sccc1-n1cnnn1)N1CCC(NCC2CC2)CC1. The summed E-state index contributed by atoms with van der Waals surface area (Å²) in [6.45, 7) is 2.77. The summed E-state index contributed by atoms with van der Waals surface area (Å²) in [7, 11) is 0. The van der Waals surface area contributed by atoms with E-state index < -0.39 is 0 Å². The van der Waals surface area contributed by atoms with Crippen LogP contribution in [-0.4, -0.2) is 56.7 Å². The van der Waals surface area contributed by atoms with Crippen LogP contribution < -0.4 is 5.32 Å². The Morgan fingerprint density at radius 2 is 2.13 bits per heavy atom. The van der Waals surface area contributed by atoms with Gasteiger partial charge in [-0.3, -0.25) is 4.79 Å². The first-order valence-electron chi connectivity index (χ1n) is 8.15. The molecule has 7 nitrogen and oxygen atoms in total. The highest BCUT2D eigenvalue weighted by Gasteiger charge is 2.28. The van der Waals surface area contributed by atoms with E-state index >= 15 is 0 Å². The summed E-state index contributed by atoms with van der Waals surface area (Å²) in [4.78, 5) is 15.5. The third kappa shape index (κ3) is 3.28. The molecular formula is C15H20N6OS. The molecule has 2 aromatic rings. The molecule has 3 heterocycles. The molecule has 122 valence electrons. The number of likely N-dealkylation sites (tertiary alicyclic amines) is 1. The number of amides is 1. The Bertz CT molecular complexity index is 657. The third-order valence-electron chi connectivity index (χ3n) is 4.61. The van der Waals surface area contributed by atoms with Gasteiger partial charge in [-0.1, -0.05) is 0 Å². The van der Waals surface area contributed by atoms with Gasteiger partial charge in [-0.25, -0.2) is 0 Å². The van der Waals surface area contributed by atoms with Crippen LogP contribution >= 0.6 is 11.3 Å². The number of nitrogens with zero attached hydrogens (tertiary/aromatic N) is 5. The average Bonchev–Trinajstić information content (AvgIpc) is 3.05. The van der Waals surface area contributed by atoms with Crippen LogP contribution in [0.3, 0.4) is 0 Å². The van der Waals surface area contributed by atoms with E-state index in [2.05, 4.69) is 20.8 Å². The van der Waals surface area contributed by atoms with E-state index in [-0.39, 0.29) is 5.91 Å². The predicted molar refractivity (Wildman–Crippen MR) is 86.7 cm³/mol. The number of tetrazole rings is 1. The van der Waals surface area contributed by atoms with Crippen molar-refractivity contribution in [2.24, 2.45) is 5.92 Å². The van der Waals surface area contributed by atoms with Crippen molar-refractivity contribution in [1.82, 2.24) is 30.4 Å². The summed E-state index contributed by atoms with van der Waals surface area (Å²) >= 11 is 1.45. The molecule has 1 N–H and O–H groups in total. The molecule has 4 rings (SSSR count). The molecule has 1 aliphatic carbocycles. The monoisotopic (exact) mass is 332 g/mol. The van der Waals surface area contributed by atoms with Crippen molar-refractivity contribution in [2.45, 2.75) is 31.7 Å². The minimum absolute atomic E-state index is 0.0890. The topological polar surface area (TPSA) is 75.9 Å². The van der Waals surface area contributed by atoms with Crippen LogP contribution in [0.15, 0.2) is 17.8 Å². The van der Waals surface area contributed by atoms with Crippen molar-refractivity contribution in [3.8, 4) is 5.69 Å². The van der Waals surface area contributed by atoms with Crippen molar-refractivity contribution in [3.05, 3.63) is 22.7 Å². The molecule has 2 aliphatic rings. The Hall–Kier alpha value is -1.80. The van der Waals surface area contributed by atoms with E-state index in [1.165, 1.54) is 30.5 Å². The maximum absolute atomic E-state index is 12.8. The summed E-state index contributed by atoms with van der Waals surface area (Å²) < 4.78 is 1.55. The second kappa shape index (κ2) is 6.37. The van der Waals surface area contributed by atoms with Gasteiger partial charge in [-0.05, 0) is 60.0 Å². The van der Waals surface area contributed by atoms with Gasteiger partial charge in [0, 0.05) is 19.1 Å². The van der Waals surface area contributed by atoms with E-state index in [1.807, 2.05) is 16.3 Å². The molecule has 8 heteroatoms. The second-order valence-electron chi connectivity index (χ2n) is 6.31. The number of hydrogen-bond acceptors (Lipinski definition) is 6. The Morgan fingerprint density at radius 1 is 1.30 bits per heavy atom.